The van der Waals surface area contributed by atoms with Crippen LogP contribution in [0.1, 0.15) is 10.4 Å². The van der Waals surface area contributed by atoms with E-state index in [4.69, 9.17) is 14.2 Å². The molecule has 10 heteroatoms. The number of methoxy groups -OCH3 is 3. The van der Waals surface area contributed by atoms with Crippen molar-refractivity contribution >= 4 is 15.9 Å². The molecular formula is C20H23FN2O6S. The van der Waals surface area contributed by atoms with E-state index in [1.807, 2.05) is 0 Å². The lowest BCUT2D eigenvalue weighted by molar-refractivity contribution is 0.0697. The molecule has 30 heavy (non-hydrogen) atoms. The zero-order chi connectivity index (χ0) is 21.9. The normalized spacial score (nSPS) is 15.0. The second kappa shape index (κ2) is 8.88. The fraction of sp³-hybridized carbons (Fsp3) is 0.350. The van der Waals surface area contributed by atoms with Gasteiger partial charge in [-0.1, -0.05) is 12.1 Å². The van der Waals surface area contributed by atoms with E-state index in [2.05, 4.69) is 0 Å². The van der Waals surface area contributed by atoms with Gasteiger partial charge in [-0.15, -0.1) is 0 Å². The van der Waals surface area contributed by atoms with Crippen molar-refractivity contribution in [2.45, 2.75) is 4.90 Å². The third-order valence-electron chi connectivity index (χ3n) is 4.89. The van der Waals surface area contributed by atoms with Gasteiger partial charge in [-0.2, -0.15) is 4.31 Å². The summed E-state index contributed by atoms with van der Waals surface area (Å²) < 4.78 is 56.4. The van der Waals surface area contributed by atoms with Crippen molar-refractivity contribution in [1.82, 2.24) is 9.21 Å². The largest absolute Gasteiger partial charge is 0.493 e. The van der Waals surface area contributed by atoms with E-state index in [0.29, 0.717) is 22.8 Å². The third-order valence-corrected chi connectivity index (χ3v) is 6.82. The first-order valence-corrected chi connectivity index (χ1v) is 10.6. The third kappa shape index (κ3) is 4.05. The minimum atomic E-state index is -3.97. The van der Waals surface area contributed by atoms with Crippen molar-refractivity contribution in [3.8, 4) is 17.2 Å². The van der Waals surface area contributed by atoms with Gasteiger partial charge in [0, 0.05) is 31.7 Å². The van der Waals surface area contributed by atoms with Crippen molar-refractivity contribution in [3.05, 3.63) is 47.8 Å². The molecule has 0 bridgehead atoms. The van der Waals surface area contributed by atoms with Crippen LogP contribution >= 0.6 is 0 Å². The maximum Gasteiger partial charge on any atom is 0.254 e. The van der Waals surface area contributed by atoms with Crippen molar-refractivity contribution in [1.29, 1.82) is 0 Å². The highest BCUT2D eigenvalue weighted by Crippen LogP contribution is 2.38. The van der Waals surface area contributed by atoms with Crippen molar-refractivity contribution in [2.24, 2.45) is 0 Å². The summed E-state index contributed by atoms with van der Waals surface area (Å²) in [5, 5.41) is 0. The first-order valence-electron chi connectivity index (χ1n) is 9.17. The van der Waals surface area contributed by atoms with Gasteiger partial charge in [0.2, 0.25) is 15.8 Å². The minimum absolute atomic E-state index is 0.0623. The molecule has 0 radical (unpaired) electrons. The molecule has 0 spiro atoms. The van der Waals surface area contributed by atoms with Crippen LogP contribution in [0.25, 0.3) is 0 Å². The van der Waals surface area contributed by atoms with Gasteiger partial charge in [0.1, 0.15) is 10.7 Å². The first-order chi connectivity index (χ1) is 14.3. The number of carbonyl (C=O) groups is 1. The zero-order valence-corrected chi connectivity index (χ0v) is 17.7. The fourth-order valence-electron chi connectivity index (χ4n) is 3.31. The number of ether oxygens (including phenoxy) is 3. The molecule has 0 saturated carbocycles. The van der Waals surface area contributed by atoms with Gasteiger partial charge in [-0.25, -0.2) is 12.8 Å². The van der Waals surface area contributed by atoms with Gasteiger partial charge in [0.15, 0.2) is 11.5 Å². The van der Waals surface area contributed by atoms with Gasteiger partial charge < -0.3 is 19.1 Å². The maximum absolute atomic E-state index is 14.0. The summed E-state index contributed by atoms with van der Waals surface area (Å²) in [7, 11) is 0.409. The second-order valence-corrected chi connectivity index (χ2v) is 8.45. The van der Waals surface area contributed by atoms with Gasteiger partial charge in [0.25, 0.3) is 5.91 Å². The molecule has 162 valence electrons. The highest BCUT2D eigenvalue weighted by Gasteiger charge is 2.32. The highest BCUT2D eigenvalue weighted by atomic mass is 32.2. The SMILES string of the molecule is COc1cc(C(=O)N2CCN(S(=O)(=O)c3ccccc3F)CC2)cc(OC)c1OC. The predicted molar refractivity (Wildman–Crippen MR) is 107 cm³/mol. The Morgan fingerprint density at radius 1 is 0.933 bits per heavy atom. The molecule has 0 unspecified atom stereocenters. The average molecular weight is 438 g/mol. The Bertz CT molecular complexity index is 1010. The van der Waals surface area contributed by atoms with Crippen LogP contribution in [0.4, 0.5) is 4.39 Å². The van der Waals surface area contributed by atoms with Crippen LogP contribution < -0.4 is 14.2 Å². The molecule has 1 heterocycles. The molecule has 1 amide bonds. The number of benzene rings is 2. The molecule has 2 aromatic carbocycles. The molecule has 1 fully saturated rings. The number of amides is 1. The standard InChI is InChI=1S/C20H23FN2O6S/c1-27-16-12-14(13-17(28-2)19(16)29-3)20(24)22-8-10-23(11-9-22)30(25,26)18-7-5-4-6-15(18)21/h4-7,12-13H,8-11H2,1-3H3. The van der Waals surface area contributed by atoms with Crippen LogP contribution in [0.2, 0.25) is 0 Å². The number of sulfonamides is 1. The smallest absolute Gasteiger partial charge is 0.254 e. The predicted octanol–water partition coefficient (Wildman–Crippen LogP) is 2.00. The lowest BCUT2D eigenvalue weighted by Crippen LogP contribution is -2.50. The molecule has 0 aromatic heterocycles. The summed E-state index contributed by atoms with van der Waals surface area (Å²) in [5.41, 5.74) is 0.329. The molecule has 2 aromatic rings. The van der Waals surface area contributed by atoms with Gasteiger partial charge >= 0.3 is 0 Å². The number of hydrogen-bond donors (Lipinski definition) is 0. The molecule has 0 aliphatic carbocycles. The zero-order valence-electron chi connectivity index (χ0n) is 16.9. The summed E-state index contributed by atoms with van der Waals surface area (Å²) in [6.45, 7) is 0.464. The lowest BCUT2D eigenvalue weighted by atomic mass is 10.1. The van der Waals surface area contributed by atoms with E-state index in [0.717, 1.165) is 6.07 Å². The summed E-state index contributed by atoms with van der Waals surface area (Å²) in [4.78, 5) is 14.1. The van der Waals surface area contributed by atoms with E-state index < -0.39 is 15.8 Å². The van der Waals surface area contributed by atoms with Gasteiger partial charge in [0.05, 0.1) is 21.3 Å². The number of hydrogen-bond acceptors (Lipinski definition) is 6. The van der Waals surface area contributed by atoms with Crippen LogP contribution in [-0.2, 0) is 10.0 Å². The Kier molecular flexibility index (Phi) is 6.47. The summed E-state index contributed by atoms with van der Waals surface area (Å²) >= 11 is 0. The summed E-state index contributed by atoms with van der Waals surface area (Å²) in [6.07, 6.45) is 0. The van der Waals surface area contributed by atoms with Crippen molar-refractivity contribution < 1.29 is 31.8 Å². The molecule has 1 saturated heterocycles. The molecule has 0 N–H and O–H groups in total. The Hall–Kier alpha value is -2.85. The fourth-order valence-corrected chi connectivity index (χ4v) is 4.80. The molecule has 3 rings (SSSR count). The number of nitrogens with zero attached hydrogens (tertiary/aromatic N) is 2. The Balaban J connectivity index is 1.77. The number of halogens is 1. The Labute approximate surface area is 174 Å². The maximum atomic E-state index is 14.0. The number of rotatable bonds is 6. The second-order valence-electron chi connectivity index (χ2n) is 6.54. The van der Waals surface area contributed by atoms with Crippen molar-refractivity contribution in [2.75, 3.05) is 47.5 Å². The van der Waals surface area contributed by atoms with Gasteiger partial charge in [-0.3, -0.25) is 4.79 Å². The topological polar surface area (TPSA) is 85.4 Å². The molecule has 1 aliphatic heterocycles. The number of piperazine rings is 1. The minimum Gasteiger partial charge on any atom is -0.493 e. The van der Waals surface area contributed by atoms with Crippen LogP contribution in [0.15, 0.2) is 41.3 Å². The molecule has 8 nitrogen and oxygen atoms in total. The average Bonchev–Trinajstić information content (AvgIpc) is 2.77. The summed E-state index contributed by atoms with van der Waals surface area (Å²) in [5.74, 6) is -0.0232. The molecule has 1 aliphatic rings. The Morgan fingerprint density at radius 3 is 2.00 bits per heavy atom. The van der Waals surface area contributed by atoms with E-state index in [-0.39, 0.29) is 37.0 Å². The Morgan fingerprint density at radius 2 is 1.50 bits per heavy atom. The van der Waals surface area contributed by atoms with Crippen molar-refractivity contribution in [3.63, 3.8) is 0 Å². The van der Waals surface area contributed by atoms with E-state index in [1.54, 1.807) is 12.1 Å². The van der Waals surface area contributed by atoms with Crippen LogP contribution in [-0.4, -0.2) is 71.0 Å². The molecular weight excluding hydrogens is 415 g/mol. The van der Waals surface area contributed by atoms with Crippen LogP contribution in [0.3, 0.4) is 0 Å². The first kappa shape index (κ1) is 21.8. The monoisotopic (exact) mass is 438 g/mol. The van der Waals surface area contributed by atoms with E-state index >= 15 is 0 Å². The van der Waals surface area contributed by atoms with E-state index in [1.165, 1.54) is 48.7 Å². The summed E-state index contributed by atoms with van der Waals surface area (Å²) in [6, 6.07) is 8.34. The highest BCUT2D eigenvalue weighted by molar-refractivity contribution is 7.89. The molecule has 0 atom stereocenters. The number of carbonyl (C=O) groups excluding carboxylic acids is 1. The lowest BCUT2D eigenvalue weighted by Gasteiger charge is -2.34. The van der Waals surface area contributed by atoms with Gasteiger partial charge in [-0.05, 0) is 24.3 Å². The van der Waals surface area contributed by atoms with E-state index in [9.17, 15) is 17.6 Å². The van der Waals surface area contributed by atoms with Crippen LogP contribution in [0.5, 0.6) is 17.2 Å². The quantitative estimate of drug-likeness (QED) is 0.686. The van der Waals surface area contributed by atoms with Crippen LogP contribution in [0, 0.1) is 5.82 Å².